The van der Waals surface area contributed by atoms with Gasteiger partial charge in [-0.05, 0) is 284 Å². The fourth-order valence-corrected chi connectivity index (χ4v) is 13.8. The smallest absolute Gasteiger partial charge is 0.135 e. The Morgan fingerprint density at radius 2 is 0.388 bits per heavy atom. The number of anilines is 15. The number of nitrogens with zero attached hydrogens (tertiary/aromatic N) is 5. The van der Waals surface area contributed by atoms with Crippen LogP contribution in [0.1, 0.15) is 16.7 Å². The highest BCUT2D eigenvalue weighted by atomic mass is 19.1. The molecule has 103 heavy (non-hydrogen) atoms. The van der Waals surface area contributed by atoms with Gasteiger partial charge in [-0.2, -0.15) is 0 Å². The molecule has 0 saturated carbocycles. The van der Waals surface area contributed by atoms with Gasteiger partial charge in [0.1, 0.15) is 34.4 Å². The van der Waals surface area contributed by atoms with Crippen LogP contribution in [0.3, 0.4) is 0 Å². The molecule has 0 bridgehead atoms. The summed E-state index contributed by atoms with van der Waals surface area (Å²) in [5.74, 6) is -1.39. The molecule has 1 aromatic heterocycles. The number of halogens is 4. The molecule has 15 aromatic carbocycles. The third-order valence-corrected chi connectivity index (χ3v) is 18.8. The van der Waals surface area contributed by atoms with Crippen LogP contribution in [0, 0.1) is 44.0 Å². The molecule has 16 rings (SSSR count). The molecular formula is C93H67F4N5O. The van der Waals surface area contributed by atoms with Gasteiger partial charge in [0, 0.05) is 96.1 Å². The maximum Gasteiger partial charge on any atom is 0.135 e. The summed E-state index contributed by atoms with van der Waals surface area (Å²) in [5, 5.41) is 1.72. The number of aryl methyl sites for hydroxylation is 3. The average molecular weight is 1350 g/mol. The van der Waals surface area contributed by atoms with Crippen molar-refractivity contribution in [2.24, 2.45) is 0 Å². The second-order valence-electron chi connectivity index (χ2n) is 25.9. The van der Waals surface area contributed by atoms with Crippen LogP contribution in [-0.2, 0) is 0 Å². The van der Waals surface area contributed by atoms with Crippen LogP contribution in [0.25, 0.3) is 55.3 Å². The summed E-state index contributed by atoms with van der Waals surface area (Å²) >= 11 is 0. The summed E-state index contributed by atoms with van der Waals surface area (Å²) in [6, 6.07) is 114. The summed E-state index contributed by atoms with van der Waals surface area (Å²) < 4.78 is 66.9. The fourth-order valence-electron chi connectivity index (χ4n) is 13.8. The minimum absolute atomic E-state index is 0.331. The van der Waals surface area contributed by atoms with Crippen molar-refractivity contribution in [1.82, 2.24) is 0 Å². The molecule has 0 aliphatic rings. The van der Waals surface area contributed by atoms with Crippen molar-refractivity contribution in [3.05, 3.63) is 392 Å². The van der Waals surface area contributed by atoms with Gasteiger partial charge < -0.3 is 28.9 Å². The Morgan fingerprint density at radius 3 is 0.631 bits per heavy atom. The van der Waals surface area contributed by atoms with E-state index in [4.69, 9.17) is 4.42 Å². The molecule has 0 aliphatic heterocycles. The lowest BCUT2D eigenvalue weighted by Crippen LogP contribution is -2.10. The summed E-state index contributed by atoms with van der Waals surface area (Å²) in [6.45, 7) is 6.26. The van der Waals surface area contributed by atoms with Gasteiger partial charge in [-0.25, -0.2) is 17.6 Å². The molecule has 0 aliphatic carbocycles. The van der Waals surface area contributed by atoms with Crippen molar-refractivity contribution >= 4 is 107 Å². The van der Waals surface area contributed by atoms with Crippen molar-refractivity contribution in [3.63, 3.8) is 0 Å². The highest BCUT2D eigenvalue weighted by Crippen LogP contribution is 2.46. The zero-order chi connectivity index (χ0) is 70.1. The molecule has 16 aromatic rings. The first-order chi connectivity index (χ1) is 50.4. The van der Waals surface area contributed by atoms with Gasteiger partial charge >= 0.3 is 0 Å². The van der Waals surface area contributed by atoms with E-state index in [1.54, 1.807) is 30.3 Å². The standard InChI is InChI=1S/C93H67F4N5O/c1-62-22-36-75(37-23-62)101(86-20-8-14-73(96)58-86)88-50-52-92-90(60-88)91-61-89(51-53-93(91)103-92)102(87-21-9-15-74(97)59-87)81-48-34-70(35-49-81)68-30-44-79(45-31-68)99(85-19-7-13-72(95)57-85)77-40-26-66(27-41-77)65-24-38-76(39-25-65)98(84-18-6-12-71(94)56-84)78-42-28-67(29-43-78)69-32-46-80(47-33-69)100(82-16-4-10-63(2)54-82)83-17-5-11-64(3)55-83/h4-61H,1-3H3. The van der Waals surface area contributed by atoms with Crippen molar-refractivity contribution in [3.8, 4) is 33.4 Å². The van der Waals surface area contributed by atoms with E-state index in [1.807, 2.05) is 131 Å². The minimum Gasteiger partial charge on any atom is -0.456 e. The normalized spacial score (nSPS) is 11.3. The Labute approximate surface area is 596 Å². The van der Waals surface area contributed by atoms with Crippen LogP contribution < -0.4 is 24.5 Å². The minimum atomic E-state index is -0.369. The molecule has 0 amide bonds. The lowest BCUT2D eigenvalue weighted by Gasteiger charge is -2.27. The van der Waals surface area contributed by atoms with E-state index in [0.29, 0.717) is 33.9 Å². The molecule has 0 radical (unpaired) electrons. The van der Waals surface area contributed by atoms with Gasteiger partial charge in [0.15, 0.2) is 0 Å². The zero-order valence-corrected chi connectivity index (χ0v) is 56.6. The molecule has 10 heteroatoms. The lowest BCUT2D eigenvalue weighted by molar-refractivity contribution is 0.627. The highest BCUT2D eigenvalue weighted by Gasteiger charge is 2.22. The van der Waals surface area contributed by atoms with Crippen LogP contribution in [0.5, 0.6) is 0 Å². The number of hydrogen-bond donors (Lipinski definition) is 0. The molecule has 0 N–H and O–H groups in total. The van der Waals surface area contributed by atoms with Crippen LogP contribution in [0.15, 0.2) is 356 Å². The van der Waals surface area contributed by atoms with E-state index < -0.39 is 0 Å². The van der Waals surface area contributed by atoms with Crippen LogP contribution in [-0.4, -0.2) is 0 Å². The SMILES string of the molecule is Cc1ccc(N(c2cccc(F)c2)c2ccc3oc4ccc(N(c5ccc(-c6ccc(N(c7ccc(-c8ccc(N(c9ccc(-c%10ccc(N(c%11cccc(C)c%11)c%11cccc(C)c%11)cc%10)cc9)c9cccc(F)c9)cc8)cc7)c7cccc(F)c7)cc6)cc5)c5cccc(F)c5)cc4c3c2)cc1. The zero-order valence-electron chi connectivity index (χ0n) is 56.6. The molecule has 498 valence electrons. The maximum atomic E-state index is 15.3. The largest absolute Gasteiger partial charge is 0.456 e. The molecule has 6 nitrogen and oxygen atoms in total. The molecular weight excluding hydrogens is 1280 g/mol. The number of furan rings is 1. The Bertz CT molecular complexity index is 5680. The first kappa shape index (κ1) is 64.5. The molecule has 1 heterocycles. The van der Waals surface area contributed by atoms with Crippen molar-refractivity contribution < 1.29 is 22.0 Å². The predicted molar refractivity (Wildman–Crippen MR) is 417 cm³/mol. The van der Waals surface area contributed by atoms with E-state index in [9.17, 15) is 4.39 Å². The number of rotatable bonds is 18. The van der Waals surface area contributed by atoms with Gasteiger partial charge in [0.2, 0.25) is 0 Å². The predicted octanol–water partition coefficient (Wildman–Crippen LogP) is 27.4. The van der Waals surface area contributed by atoms with Crippen LogP contribution in [0.4, 0.5) is 103 Å². The summed E-state index contributed by atoms with van der Waals surface area (Å²) in [5.41, 5.74) is 23.4. The quantitative estimate of drug-likeness (QED) is 0.0796. The Morgan fingerprint density at radius 1 is 0.184 bits per heavy atom. The third-order valence-electron chi connectivity index (χ3n) is 18.8. The molecule has 0 atom stereocenters. The number of fused-ring (bicyclic) bond motifs is 3. The van der Waals surface area contributed by atoms with Crippen molar-refractivity contribution in [1.29, 1.82) is 0 Å². The van der Waals surface area contributed by atoms with Crippen LogP contribution >= 0.6 is 0 Å². The highest BCUT2D eigenvalue weighted by molar-refractivity contribution is 6.08. The first-order valence-corrected chi connectivity index (χ1v) is 34.2. The van der Waals surface area contributed by atoms with E-state index in [0.717, 1.165) is 112 Å². The topological polar surface area (TPSA) is 29.3 Å². The first-order valence-electron chi connectivity index (χ1n) is 34.2. The lowest BCUT2D eigenvalue weighted by atomic mass is 10.0. The van der Waals surface area contributed by atoms with Crippen molar-refractivity contribution in [2.45, 2.75) is 20.8 Å². The molecule has 0 fully saturated rings. The van der Waals surface area contributed by atoms with E-state index in [2.05, 4.69) is 194 Å². The fraction of sp³-hybridized carbons (Fsp3) is 0.0323. The number of benzene rings is 15. The van der Waals surface area contributed by atoms with E-state index in [-0.39, 0.29) is 23.3 Å². The second-order valence-corrected chi connectivity index (χ2v) is 25.9. The Hall–Kier alpha value is -13.2. The molecule has 0 saturated heterocycles. The average Bonchev–Trinajstić information content (AvgIpc) is 1.64. The second kappa shape index (κ2) is 27.9. The van der Waals surface area contributed by atoms with Gasteiger partial charge in [-0.1, -0.05) is 139 Å². The summed E-state index contributed by atoms with van der Waals surface area (Å²) in [7, 11) is 0. The summed E-state index contributed by atoms with van der Waals surface area (Å²) in [4.78, 5) is 10.4. The Kier molecular flexibility index (Phi) is 17.4. The monoisotopic (exact) mass is 1350 g/mol. The van der Waals surface area contributed by atoms with E-state index >= 15 is 13.2 Å². The Balaban J connectivity index is 0.653. The van der Waals surface area contributed by atoms with Gasteiger partial charge in [-0.3, -0.25) is 0 Å². The van der Waals surface area contributed by atoms with E-state index in [1.165, 1.54) is 53.6 Å². The van der Waals surface area contributed by atoms with Crippen LogP contribution in [0.2, 0.25) is 0 Å². The third kappa shape index (κ3) is 13.5. The number of hydrogen-bond acceptors (Lipinski definition) is 6. The summed E-state index contributed by atoms with van der Waals surface area (Å²) in [6.07, 6.45) is 0. The van der Waals surface area contributed by atoms with Gasteiger partial charge in [0.05, 0.1) is 0 Å². The van der Waals surface area contributed by atoms with Crippen molar-refractivity contribution in [2.75, 3.05) is 24.5 Å². The van der Waals surface area contributed by atoms with Gasteiger partial charge in [-0.15, -0.1) is 0 Å². The maximum absolute atomic E-state index is 15.3. The molecule has 0 spiro atoms. The van der Waals surface area contributed by atoms with Gasteiger partial charge in [0.25, 0.3) is 0 Å². The molecule has 0 unspecified atom stereocenters.